The maximum atomic E-state index is 13.5. The zero-order valence-corrected chi connectivity index (χ0v) is 12.6. The van der Waals surface area contributed by atoms with Crippen LogP contribution in [-0.4, -0.2) is 26.4 Å². The maximum Gasteiger partial charge on any atom is 0.231 e. The highest BCUT2D eigenvalue weighted by Crippen LogP contribution is 2.36. The fourth-order valence-electron chi connectivity index (χ4n) is 2.47. The van der Waals surface area contributed by atoms with Crippen molar-refractivity contribution in [2.75, 3.05) is 26.4 Å². The summed E-state index contributed by atoms with van der Waals surface area (Å²) in [6.07, 6.45) is -2.90. The van der Waals surface area contributed by atoms with Gasteiger partial charge in [-0.2, -0.15) is 0 Å². The molecule has 2 atom stereocenters. The van der Waals surface area contributed by atoms with E-state index in [0.29, 0.717) is 0 Å². The summed E-state index contributed by atoms with van der Waals surface area (Å²) in [5.41, 5.74) is -0.0632. The summed E-state index contributed by atoms with van der Waals surface area (Å²) in [7, 11) is 0. The molecular formula is C19H20FNO3. The smallest absolute Gasteiger partial charge is 0.231 e. The van der Waals surface area contributed by atoms with E-state index in [1.54, 1.807) is 0 Å². The van der Waals surface area contributed by atoms with Crippen LogP contribution in [0.2, 0.25) is 0 Å². The van der Waals surface area contributed by atoms with Crippen molar-refractivity contribution in [2.45, 2.75) is 12.3 Å². The Morgan fingerprint density at radius 2 is 2.04 bits per heavy atom. The summed E-state index contributed by atoms with van der Waals surface area (Å²) in [5, 5.41) is 2.37. The molecule has 0 aliphatic carbocycles. The fraction of sp³-hybridized carbons (Fsp3) is 0.368. The van der Waals surface area contributed by atoms with Crippen molar-refractivity contribution >= 4 is 0 Å². The Kier molecular flexibility index (Phi) is 2.43. The predicted molar refractivity (Wildman–Crippen MR) is 88.2 cm³/mol. The molecule has 4 rings (SSSR count). The quantitative estimate of drug-likeness (QED) is 0.929. The molecule has 0 saturated carbocycles. The predicted octanol–water partition coefficient (Wildman–Crippen LogP) is 3.33. The number of rotatable bonds is 4. The lowest BCUT2D eigenvalue weighted by molar-refractivity contribution is 0.173. The first-order chi connectivity index (χ1) is 14.7. The Bertz CT molecular complexity index is 1040. The number of piperidine rings is 1. The highest BCUT2D eigenvalue weighted by atomic mass is 19.1. The Hall–Kier alpha value is -2.27. The molecule has 126 valence electrons. The number of fused-ring (bicyclic) bond motifs is 1. The average molecular weight is 337 g/mol. The van der Waals surface area contributed by atoms with Crippen LogP contribution in [0.5, 0.6) is 17.2 Å². The monoisotopic (exact) mass is 337 g/mol. The third-order valence-corrected chi connectivity index (χ3v) is 3.70. The minimum Gasteiger partial charge on any atom is -0.493 e. The second kappa shape index (κ2) is 6.69. The maximum absolute atomic E-state index is 13.5. The van der Waals surface area contributed by atoms with Crippen LogP contribution in [0.15, 0.2) is 42.5 Å². The Balaban J connectivity index is 1.68. The Labute approximate surface area is 151 Å². The number of hydrogen-bond acceptors (Lipinski definition) is 4. The molecule has 2 aromatic carbocycles. The standard InChI is InChI=1S/C19H20FNO3/c20-15-3-1-13(2-4-15)17-7-8-21-10-14(17)11-22-16-5-6-18-19(9-16)24-12-23-18/h1-6,9,14,17,21H,7-8,10-12H2/t14-,17?/m1/s1/i7D2,8D2,12D2,14D,17D. The van der Waals surface area contributed by atoms with Crippen molar-refractivity contribution in [2.24, 2.45) is 5.89 Å². The van der Waals surface area contributed by atoms with Gasteiger partial charge in [-0.05, 0) is 48.6 Å². The van der Waals surface area contributed by atoms with Gasteiger partial charge in [0.25, 0.3) is 0 Å². The first-order valence-corrected chi connectivity index (χ1v) is 7.37. The van der Waals surface area contributed by atoms with Crippen LogP contribution in [0.3, 0.4) is 0 Å². The van der Waals surface area contributed by atoms with Gasteiger partial charge < -0.3 is 19.5 Å². The molecule has 0 radical (unpaired) electrons. The highest BCUT2D eigenvalue weighted by molar-refractivity contribution is 5.46. The van der Waals surface area contributed by atoms with Gasteiger partial charge in [-0.25, -0.2) is 4.39 Å². The topological polar surface area (TPSA) is 39.7 Å². The third kappa shape index (κ3) is 3.17. The van der Waals surface area contributed by atoms with Crippen molar-refractivity contribution in [3.05, 3.63) is 53.8 Å². The van der Waals surface area contributed by atoms with E-state index in [4.69, 9.17) is 25.2 Å². The van der Waals surface area contributed by atoms with Gasteiger partial charge in [0.1, 0.15) is 14.3 Å². The minimum atomic E-state index is -2.90. The molecule has 24 heavy (non-hydrogen) atoms. The molecule has 2 aliphatic rings. The van der Waals surface area contributed by atoms with Gasteiger partial charge in [-0.1, -0.05) is 12.1 Å². The summed E-state index contributed by atoms with van der Waals surface area (Å²) in [5.74, 6) is -4.72. The molecule has 5 heteroatoms. The van der Waals surface area contributed by atoms with E-state index >= 15 is 0 Å². The molecule has 1 saturated heterocycles. The van der Waals surface area contributed by atoms with Crippen molar-refractivity contribution in [1.29, 1.82) is 0 Å². The van der Waals surface area contributed by atoms with Gasteiger partial charge in [0, 0.05) is 26.7 Å². The van der Waals surface area contributed by atoms with Crippen LogP contribution in [0.1, 0.15) is 28.8 Å². The van der Waals surface area contributed by atoms with Crippen molar-refractivity contribution in [3.63, 3.8) is 0 Å². The van der Waals surface area contributed by atoms with E-state index in [1.165, 1.54) is 30.3 Å². The van der Waals surface area contributed by atoms with Gasteiger partial charge in [-0.15, -0.1) is 0 Å². The van der Waals surface area contributed by atoms with Gasteiger partial charge in [-0.3, -0.25) is 0 Å². The minimum absolute atomic E-state index is 0.0632. The lowest BCUT2D eigenvalue weighted by atomic mass is 9.81. The molecule has 2 aliphatic heterocycles. The van der Waals surface area contributed by atoms with E-state index < -0.39 is 50.4 Å². The van der Waals surface area contributed by atoms with E-state index in [0.717, 1.165) is 12.1 Å². The second-order valence-electron chi connectivity index (χ2n) is 5.27. The SMILES string of the molecule is [2H]C1([2H])Oc2ccc(OC[C@@]3([2H])CNC([2H])([2H])C([2H])([2H])C3([2H])c3ccc(F)cc3)cc2O1. The Morgan fingerprint density at radius 1 is 1.21 bits per heavy atom. The fourth-order valence-corrected chi connectivity index (χ4v) is 2.47. The molecule has 4 nitrogen and oxygen atoms in total. The summed E-state index contributed by atoms with van der Waals surface area (Å²) in [6.45, 7) is -5.92. The molecule has 0 aromatic heterocycles. The van der Waals surface area contributed by atoms with Gasteiger partial charge >= 0.3 is 0 Å². The summed E-state index contributed by atoms with van der Waals surface area (Å²) in [6, 6.07) is 8.62. The summed E-state index contributed by atoms with van der Waals surface area (Å²) < 4.78 is 95.2. The summed E-state index contributed by atoms with van der Waals surface area (Å²) >= 11 is 0. The number of benzene rings is 2. The molecule has 1 fully saturated rings. The highest BCUT2D eigenvalue weighted by Gasteiger charge is 2.27. The molecule has 2 aromatic rings. The number of ether oxygens (including phenoxy) is 3. The molecular weight excluding hydrogens is 309 g/mol. The molecule has 1 unspecified atom stereocenters. The molecule has 2 heterocycles. The van der Waals surface area contributed by atoms with E-state index in [2.05, 4.69) is 5.32 Å². The zero-order valence-electron chi connectivity index (χ0n) is 20.6. The average Bonchev–Trinajstić information content (AvgIpc) is 3.02. The van der Waals surface area contributed by atoms with E-state index in [-0.39, 0.29) is 22.8 Å². The second-order valence-corrected chi connectivity index (χ2v) is 5.27. The molecule has 0 spiro atoms. The van der Waals surface area contributed by atoms with Crippen molar-refractivity contribution in [3.8, 4) is 17.2 Å². The summed E-state index contributed by atoms with van der Waals surface area (Å²) in [4.78, 5) is 0. The Morgan fingerprint density at radius 3 is 2.92 bits per heavy atom. The van der Waals surface area contributed by atoms with E-state index in [9.17, 15) is 4.39 Å². The first-order valence-electron chi connectivity index (χ1n) is 11.4. The van der Waals surface area contributed by atoms with Crippen LogP contribution in [0.4, 0.5) is 4.39 Å². The largest absolute Gasteiger partial charge is 0.493 e. The molecule has 1 N–H and O–H groups in total. The van der Waals surface area contributed by atoms with Crippen LogP contribution >= 0.6 is 0 Å². The van der Waals surface area contributed by atoms with Crippen LogP contribution in [0, 0.1) is 11.7 Å². The lowest BCUT2D eigenvalue weighted by Gasteiger charge is -2.32. The van der Waals surface area contributed by atoms with E-state index in [1.807, 2.05) is 0 Å². The van der Waals surface area contributed by atoms with Gasteiger partial charge in [0.05, 0.1) is 6.61 Å². The van der Waals surface area contributed by atoms with Gasteiger partial charge in [0.15, 0.2) is 11.5 Å². The number of nitrogens with one attached hydrogen (secondary N) is 1. The number of halogens is 1. The van der Waals surface area contributed by atoms with Crippen LogP contribution < -0.4 is 19.5 Å². The molecule has 0 bridgehead atoms. The third-order valence-electron chi connectivity index (χ3n) is 3.70. The lowest BCUT2D eigenvalue weighted by Crippen LogP contribution is -2.38. The van der Waals surface area contributed by atoms with Crippen molar-refractivity contribution < 1.29 is 29.6 Å². The first kappa shape index (κ1) is 8.72. The van der Waals surface area contributed by atoms with Crippen LogP contribution in [-0.2, 0) is 0 Å². The normalized spacial score (nSPS) is 39.7. The van der Waals surface area contributed by atoms with Crippen molar-refractivity contribution in [1.82, 2.24) is 5.32 Å². The number of hydrogen-bond donors (Lipinski definition) is 1. The zero-order chi connectivity index (χ0) is 23.6. The van der Waals surface area contributed by atoms with Crippen LogP contribution in [0.25, 0.3) is 0 Å². The molecule has 0 amide bonds. The van der Waals surface area contributed by atoms with Gasteiger partial charge in [0.2, 0.25) is 6.75 Å².